The van der Waals surface area contributed by atoms with Crippen molar-refractivity contribution in [3.05, 3.63) is 72.8 Å². The van der Waals surface area contributed by atoms with Gasteiger partial charge in [0.25, 0.3) is 30.4 Å². The summed E-state index contributed by atoms with van der Waals surface area (Å²) < 4.78 is 237. The Balaban J connectivity index is 1.74. The van der Waals surface area contributed by atoms with Gasteiger partial charge in [0.1, 0.15) is 48.9 Å². The number of hydrogen-bond acceptors (Lipinski definition) is 24. The smallest absolute Gasteiger partial charge is 0.397 e. The summed E-state index contributed by atoms with van der Waals surface area (Å²) >= 11 is 0. The van der Waals surface area contributed by atoms with Crippen molar-refractivity contribution in [3.63, 3.8) is 0 Å². The second kappa shape index (κ2) is 20.5. The average Bonchev–Trinajstić information content (AvgIpc) is 3.22. The van der Waals surface area contributed by atoms with Crippen LogP contribution in [0.5, 0.6) is 17.2 Å². The van der Waals surface area contributed by atoms with Gasteiger partial charge in [0, 0.05) is 28.6 Å². The third-order valence-electron chi connectivity index (χ3n) is 8.93. The lowest BCUT2D eigenvalue weighted by molar-refractivity contribution is 0.282. The van der Waals surface area contributed by atoms with Crippen molar-refractivity contribution in [1.82, 2.24) is 0 Å². The van der Waals surface area contributed by atoms with Crippen molar-refractivity contribution in [1.29, 1.82) is 0 Å². The van der Waals surface area contributed by atoms with Gasteiger partial charge in [-0.15, -0.1) is 20.5 Å². The van der Waals surface area contributed by atoms with Crippen LogP contribution in [0, 0.1) is 0 Å². The first-order valence-corrected chi connectivity index (χ1v) is 28.6. The van der Waals surface area contributed by atoms with Crippen LogP contribution in [0.15, 0.2) is 118 Å². The molecule has 0 atom stereocenters. The van der Waals surface area contributed by atoms with Gasteiger partial charge in [-0.05, 0) is 54.6 Å². The fraction of sp³-hybridized carbons (Fsp3) is 0.176. The van der Waals surface area contributed by atoms with Crippen LogP contribution < -0.4 is 14.8 Å². The number of azo groups is 2. The molecule has 0 aliphatic rings. The van der Waals surface area contributed by atoms with E-state index in [2.05, 4.69) is 34.1 Å². The van der Waals surface area contributed by atoms with Gasteiger partial charge in [0.05, 0.1) is 54.4 Å². The number of hydrogen-bond donors (Lipinski definition) is 7. The molecule has 0 bridgehead atoms. The molecule has 0 saturated carbocycles. The zero-order valence-corrected chi connectivity index (χ0v) is 40.7. The van der Waals surface area contributed by atoms with Crippen LogP contribution in [0.1, 0.15) is 0 Å². The highest BCUT2D eigenvalue weighted by Crippen LogP contribution is 2.48. The van der Waals surface area contributed by atoms with Gasteiger partial charge >= 0.3 is 20.8 Å². The van der Waals surface area contributed by atoms with Gasteiger partial charge in [-0.2, -0.15) is 42.1 Å². The van der Waals surface area contributed by atoms with Crippen molar-refractivity contribution in [3.8, 4) is 17.2 Å². The maximum atomic E-state index is 13.1. The van der Waals surface area contributed by atoms with Gasteiger partial charge in [0.2, 0.25) is 0 Å². The zero-order valence-electron chi connectivity index (χ0n) is 34.9. The number of anilines is 2. The molecule has 70 heavy (non-hydrogen) atoms. The molecule has 0 fully saturated rings. The molecule has 0 amide bonds. The summed E-state index contributed by atoms with van der Waals surface area (Å²) in [5.74, 6) is -4.18. The number of sulfone groups is 2. The molecular formula is C34H33N5O24S7. The fourth-order valence-corrected chi connectivity index (χ4v) is 11.0. The van der Waals surface area contributed by atoms with Crippen molar-refractivity contribution >= 4 is 116 Å². The number of nitrogens with zero attached hydrogens (tertiary/aromatic N) is 4. The Morgan fingerprint density at radius 2 is 1.10 bits per heavy atom. The van der Waals surface area contributed by atoms with Gasteiger partial charge in [-0.25, -0.2) is 25.2 Å². The molecule has 29 nitrogen and oxygen atoms in total. The third-order valence-corrected chi connectivity index (χ3v) is 15.8. The van der Waals surface area contributed by atoms with E-state index in [-0.39, 0.29) is 22.1 Å². The molecule has 5 aromatic rings. The summed E-state index contributed by atoms with van der Waals surface area (Å²) in [5, 5.41) is 28.5. The van der Waals surface area contributed by atoms with Gasteiger partial charge in [-0.1, -0.05) is 6.07 Å². The standard InChI is InChI=1S/C34H33N5O24S7/c1-60-28-17-26(27(40)18-30(28)65(43,44)13-11-63-70(57,58)59)37-39-33-31(68(51,52)53)16-23-22(34(33)61-2)7-9-25(35-19-4-3-5-21(14-19)66(45,46)47)32(23)38-36-24-8-6-20(15-29(24)67(48,49)50)64(41,42)12-10-62-69(54,55)56/h3-9,14-18,35,40H,10-13H2,1-2H3,(H,45,46,47)(H,48,49,50)(H,51,52,53)(H,54,55,56)(H,57,58,59)/b38-36+,39-37+. The molecule has 0 unspecified atom stereocenters. The van der Waals surface area contributed by atoms with E-state index in [1.165, 1.54) is 24.3 Å². The fourth-order valence-electron chi connectivity index (χ4n) is 5.92. The highest BCUT2D eigenvalue weighted by molar-refractivity contribution is 7.92. The van der Waals surface area contributed by atoms with Gasteiger partial charge in [-0.3, -0.25) is 22.8 Å². The molecule has 5 aromatic carbocycles. The molecule has 0 aromatic heterocycles. The molecular weight excluding hydrogens is 1090 g/mol. The van der Waals surface area contributed by atoms with E-state index in [0.29, 0.717) is 18.2 Å². The molecule has 0 aliphatic carbocycles. The van der Waals surface area contributed by atoms with Crippen LogP contribution in [-0.4, -0.2) is 126 Å². The molecule has 0 radical (unpaired) electrons. The first-order valence-electron chi connectivity index (χ1n) is 18.2. The molecule has 0 spiro atoms. The monoisotopic (exact) mass is 1120 g/mol. The van der Waals surface area contributed by atoms with E-state index in [9.17, 15) is 77.7 Å². The molecule has 0 saturated heterocycles. The number of rotatable bonds is 21. The predicted octanol–water partition coefficient (Wildman–Crippen LogP) is 4.06. The number of phenols is 1. The summed E-state index contributed by atoms with van der Waals surface area (Å²) in [6.45, 7) is -2.17. The van der Waals surface area contributed by atoms with Crippen LogP contribution in [0.25, 0.3) is 10.8 Å². The number of aromatic hydroxyl groups is 1. The lowest BCUT2D eigenvalue weighted by Gasteiger charge is -2.16. The Hall–Kier alpha value is -5.87. The Labute approximate surface area is 397 Å². The summed E-state index contributed by atoms with van der Waals surface area (Å²) in [6.07, 6.45) is 0. The zero-order chi connectivity index (χ0) is 52.4. The minimum Gasteiger partial charge on any atom is -0.506 e. The summed E-state index contributed by atoms with van der Waals surface area (Å²) in [6, 6.07) is 10.9. The Bertz CT molecular complexity index is 3790. The summed E-state index contributed by atoms with van der Waals surface area (Å²) in [4.78, 5) is -4.51. The number of methoxy groups -OCH3 is 2. The largest absolute Gasteiger partial charge is 0.506 e. The molecule has 36 heteroatoms. The molecule has 0 heterocycles. The van der Waals surface area contributed by atoms with E-state index in [1.807, 2.05) is 0 Å². The maximum absolute atomic E-state index is 13.1. The van der Waals surface area contributed by atoms with Crippen molar-refractivity contribution in [2.75, 3.05) is 44.3 Å². The van der Waals surface area contributed by atoms with Crippen LogP contribution in [0.2, 0.25) is 0 Å². The first kappa shape index (κ1) is 55.1. The summed E-state index contributed by atoms with van der Waals surface area (Å²) in [5.41, 5.74) is -3.03. The third kappa shape index (κ3) is 13.7. The molecule has 0 aliphatic heterocycles. The normalized spacial score (nSPS) is 13.3. The highest BCUT2D eigenvalue weighted by atomic mass is 32.3. The minimum atomic E-state index is -5.45. The van der Waals surface area contributed by atoms with Gasteiger partial charge < -0.3 is 19.9 Å². The number of ether oxygens (including phenoxy) is 2. The van der Waals surface area contributed by atoms with E-state index < -0.39 is 160 Å². The topological polar surface area (TPSA) is 459 Å². The predicted molar refractivity (Wildman–Crippen MR) is 238 cm³/mol. The Kier molecular flexibility index (Phi) is 16.1. The van der Waals surface area contributed by atoms with Crippen LogP contribution in [0.4, 0.5) is 34.1 Å². The lowest BCUT2D eigenvalue weighted by Crippen LogP contribution is -2.16. The SMILES string of the molecule is COc1cc(/N=N/c2c(S(=O)(=O)O)cc3c(/N=N/c4ccc(S(=O)(=O)CCOS(=O)(=O)O)cc4S(=O)(=O)O)c(Nc4cccc(S(=O)(=O)O)c4)ccc3c2OC)c(O)cc1S(=O)(=O)CCOS(=O)(=O)O. The molecule has 7 N–H and O–H groups in total. The van der Waals surface area contributed by atoms with Crippen molar-refractivity contribution in [2.45, 2.75) is 24.5 Å². The van der Waals surface area contributed by atoms with Crippen LogP contribution in [0.3, 0.4) is 0 Å². The average molecular weight is 1120 g/mol. The van der Waals surface area contributed by atoms with Crippen LogP contribution in [-0.2, 0) is 79.2 Å². The lowest BCUT2D eigenvalue weighted by atomic mass is 10.0. The Morgan fingerprint density at radius 3 is 1.66 bits per heavy atom. The number of fused-ring (bicyclic) bond motifs is 1. The maximum Gasteiger partial charge on any atom is 0.397 e. The summed E-state index contributed by atoms with van der Waals surface area (Å²) in [7, 11) is -32.9. The Morgan fingerprint density at radius 1 is 0.514 bits per heavy atom. The second-order valence-corrected chi connectivity index (χ2v) is 24.1. The van der Waals surface area contributed by atoms with E-state index in [1.54, 1.807) is 0 Å². The second-order valence-electron chi connectivity index (χ2n) is 13.5. The number of benzene rings is 5. The molecule has 380 valence electrons. The van der Waals surface area contributed by atoms with Crippen molar-refractivity contribution < 1.29 is 105 Å². The van der Waals surface area contributed by atoms with E-state index >= 15 is 0 Å². The first-order chi connectivity index (χ1) is 32.1. The number of phenolic OH excluding ortho intramolecular Hbond substituents is 1. The quantitative estimate of drug-likeness (QED) is 0.0402. The minimum absolute atomic E-state index is 0.0926. The van der Waals surface area contributed by atoms with E-state index in [4.69, 9.17) is 18.6 Å². The van der Waals surface area contributed by atoms with E-state index in [0.717, 1.165) is 44.6 Å². The number of nitrogens with one attached hydrogen (secondary N) is 1. The van der Waals surface area contributed by atoms with Crippen molar-refractivity contribution in [2.24, 2.45) is 20.5 Å². The highest BCUT2D eigenvalue weighted by Gasteiger charge is 2.28. The van der Waals surface area contributed by atoms with Crippen LogP contribution >= 0.6 is 0 Å². The molecule has 5 rings (SSSR count). The van der Waals surface area contributed by atoms with Gasteiger partial charge in [0.15, 0.2) is 25.4 Å².